The van der Waals surface area contributed by atoms with E-state index in [0.29, 0.717) is 36.5 Å². The molecule has 1 aliphatic rings. The number of rotatable bonds is 5. The quantitative estimate of drug-likeness (QED) is 0.536. The molecule has 1 aliphatic heterocycles. The van der Waals surface area contributed by atoms with Crippen molar-refractivity contribution in [2.45, 2.75) is 52.4 Å². The van der Waals surface area contributed by atoms with Gasteiger partial charge in [0.25, 0.3) is 5.56 Å². The van der Waals surface area contributed by atoms with E-state index >= 15 is 0 Å². The number of halogens is 3. The van der Waals surface area contributed by atoms with Gasteiger partial charge in [-0.3, -0.25) is 4.79 Å². The van der Waals surface area contributed by atoms with Gasteiger partial charge in [-0.1, -0.05) is 17.2 Å². The van der Waals surface area contributed by atoms with Crippen molar-refractivity contribution in [2.24, 2.45) is 0 Å². The highest BCUT2D eigenvalue weighted by Gasteiger charge is 2.35. The van der Waals surface area contributed by atoms with Gasteiger partial charge in [0.1, 0.15) is 5.69 Å². The second kappa shape index (κ2) is 9.37. The fourth-order valence-corrected chi connectivity index (χ4v) is 4.44. The molecule has 0 spiro atoms. The molecule has 2 heterocycles. The first kappa shape index (κ1) is 24.8. The molecule has 35 heavy (non-hydrogen) atoms. The van der Waals surface area contributed by atoms with Crippen molar-refractivity contribution in [3.63, 3.8) is 0 Å². The Balaban J connectivity index is 1.97. The zero-order valence-corrected chi connectivity index (χ0v) is 20.1. The second-order valence-corrected chi connectivity index (χ2v) is 9.42. The summed E-state index contributed by atoms with van der Waals surface area (Å²) in [6, 6.07) is 10.9. The van der Waals surface area contributed by atoms with Crippen LogP contribution in [0.25, 0.3) is 16.9 Å². The van der Waals surface area contributed by atoms with E-state index in [1.165, 1.54) is 12.1 Å². The Bertz CT molecular complexity index is 1280. The zero-order valence-electron chi connectivity index (χ0n) is 20.1. The van der Waals surface area contributed by atoms with Gasteiger partial charge in [-0.15, -0.1) is 0 Å². The number of aliphatic hydroxyl groups is 1. The summed E-state index contributed by atoms with van der Waals surface area (Å²) in [5.41, 5.74) is 1.73. The van der Waals surface area contributed by atoms with Crippen molar-refractivity contribution in [1.82, 2.24) is 9.78 Å². The Kier molecular flexibility index (Phi) is 6.64. The Morgan fingerprint density at radius 2 is 1.77 bits per heavy atom. The van der Waals surface area contributed by atoms with Crippen LogP contribution in [0.4, 0.5) is 24.5 Å². The van der Waals surface area contributed by atoms with E-state index < -0.39 is 23.4 Å². The number of benzene rings is 2. The molecule has 0 aliphatic carbocycles. The van der Waals surface area contributed by atoms with Gasteiger partial charge in [0.15, 0.2) is 0 Å². The maximum absolute atomic E-state index is 14.1. The molecule has 0 radical (unpaired) electrons. The summed E-state index contributed by atoms with van der Waals surface area (Å²) in [6.45, 7) is 8.38. The van der Waals surface area contributed by atoms with Crippen LogP contribution in [-0.4, -0.2) is 40.1 Å². The summed E-state index contributed by atoms with van der Waals surface area (Å²) >= 11 is 0. The fourth-order valence-electron chi connectivity index (χ4n) is 4.44. The lowest BCUT2D eigenvalue weighted by Crippen LogP contribution is -2.29. The molecular formula is C26H29F3N4O2. The van der Waals surface area contributed by atoms with Crippen molar-refractivity contribution < 1.29 is 18.3 Å². The van der Waals surface area contributed by atoms with Gasteiger partial charge < -0.3 is 15.3 Å². The lowest BCUT2D eigenvalue weighted by atomic mass is 10.0. The molecule has 2 N–H and O–H groups in total. The average molecular weight is 487 g/mol. The number of nitrogens with one attached hydrogen (secondary N) is 1. The minimum atomic E-state index is -4.69. The number of β-amino-alcohol motifs (C(OH)–C–C–N with tert-alkyl or cyclic N) is 1. The number of hydrogen-bond donors (Lipinski definition) is 2. The third kappa shape index (κ3) is 5.35. The van der Waals surface area contributed by atoms with Crippen LogP contribution in [-0.2, 0) is 6.18 Å². The molecule has 0 saturated carbocycles. The van der Waals surface area contributed by atoms with Gasteiger partial charge >= 0.3 is 6.18 Å². The molecule has 1 unspecified atom stereocenters. The molecule has 0 bridgehead atoms. The molecule has 0 amide bonds. The summed E-state index contributed by atoms with van der Waals surface area (Å²) in [5.74, 6) is 0. The molecule has 4 rings (SSSR count). The predicted molar refractivity (Wildman–Crippen MR) is 131 cm³/mol. The van der Waals surface area contributed by atoms with Crippen LogP contribution in [0.1, 0.15) is 37.0 Å². The topological polar surface area (TPSA) is 70.4 Å². The van der Waals surface area contributed by atoms with E-state index in [1.54, 1.807) is 11.0 Å². The number of aryl methyl sites for hydroxylation is 2. The molecular weight excluding hydrogens is 457 g/mol. The predicted octanol–water partition coefficient (Wildman–Crippen LogP) is 4.93. The fraction of sp³-hybridized carbons (Fsp3) is 0.385. The Labute approximate surface area is 202 Å². The molecule has 2 aromatic carbocycles. The van der Waals surface area contributed by atoms with E-state index in [9.17, 15) is 23.1 Å². The average Bonchev–Trinajstić information content (AvgIpc) is 3.19. The highest BCUT2D eigenvalue weighted by molar-refractivity contribution is 5.66. The maximum atomic E-state index is 14.1. The van der Waals surface area contributed by atoms with Crippen LogP contribution in [0.3, 0.4) is 0 Å². The SMILES string of the molecule is Cc1cc(C)cc(-c2cc(NC(C)C)c(=O)n(-c3cc(N4CCC(O)C4)ccc3C(F)(F)F)n2)c1. The molecule has 9 heteroatoms. The number of alkyl halides is 3. The smallest absolute Gasteiger partial charge is 0.391 e. The van der Waals surface area contributed by atoms with E-state index in [-0.39, 0.29) is 17.4 Å². The highest BCUT2D eigenvalue weighted by Crippen LogP contribution is 2.36. The molecule has 186 valence electrons. The van der Waals surface area contributed by atoms with Crippen molar-refractivity contribution in [1.29, 1.82) is 0 Å². The van der Waals surface area contributed by atoms with E-state index in [0.717, 1.165) is 21.9 Å². The minimum absolute atomic E-state index is 0.120. The first-order chi connectivity index (χ1) is 16.4. The third-order valence-electron chi connectivity index (χ3n) is 5.92. The van der Waals surface area contributed by atoms with Gasteiger partial charge in [-0.05, 0) is 70.5 Å². The molecule has 1 saturated heterocycles. The Morgan fingerprint density at radius 1 is 1.09 bits per heavy atom. The number of hydrogen-bond acceptors (Lipinski definition) is 5. The van der Waals surface area contributed by atoms with Gasteiger partial charge in [-0.2, -0.15) is 23.0 Å². The standard InChI is InChI=1S/C26H29F3N4O2/c1-15(2)30-23-13-22(18-10-16(3)9-17(4)11-18)31-33(25(23)35)24-12-19(32-8-7-20(34)14-32)5-6-21(24)26(27,28)29/h5-6,9-13,15,20,30,34H,7-8,14H2,1-4H3. The minimum Gasteiger partial charge on any atom is -0.391 e. The third-order valence-corrected chi connectivity index (χ3v) is 5.92. The summed E-state index contributed by atoms with van der Waals surface area (Å²) in [5, 5.41) is 17.4. The largest absolute Gasteiger partial charge is 0.418 e. The molecule has 6 nitrogen and oxygen atoms in total. The monoisotopic (exact) mass is 486 g/mol. The Morgan fingerprint density at radius 3 is 2.34 bits per heavy atom. The van der Waals surface area contributed by atoms with Crippen LogP contribution in [0.15, 0.2) is 47.3 Å². The van der Waals surface area contributed by atoms with E-state index in [2.05, 4.69) is 10.4 Å². The van der Waals surface area contributed by atoms with E-state index in [1.807, 2.05) is 45.9 Å². The normalized spacial score (nSPS) is 16.3. The maximum Gasteiger partial charge on any atom is 0.418 e. The Hall–Kier alpha value is -3.33. The number of anilines is 2. The van der Waals surface area contributed by atoms with Crippen LogP contribution in [0.2, 0.25) is 0 Å². The summed E-state index contributed by atoms with van der Waals surface area (Å²) in [6.07, 6.45) is -4.71. The molecule has 1 atom stereocenters. The van der Waals surface area contributed by atoms with E-state index in [4.69, 9.17) is 0 Å². The first-order valence-electron chi connectivity index (χ1n) is 11.6. The van der Waals surface area contributed by atoms with Crippen LogP contribution in [0, 0.1) is 13.8 Å². The highest BCUT2D eigenvalue weighted by atomic mass is 19.4. The van der Waals surface area contributed by atoms with Gasteiger partial charge in [-0.25, -0.2) is 0 Å². The van der Waals surface area contributed by atoms with Crippen molar-refractivity contribution in [2.75, 3.05) is 23.3 Å². The molecule has 1 fully saturated rings. The van der Waals surface area contributed by atoms with Gasteiger partial charge in [0.2, 0.25) is 0 Å². The van der Waals surface area contributed by atoms with Crippen LogP contribution >= 0.6 is 0 Å². The first-order valence-corrected chi connectivity index (χ1v) is 11.6. The van der Waals surface area contributed by atoms with Crippen LogP contribution in [0.5, 0.6) is 0 Å². The lowest BCUT2D eigenvalue weighted by Gasteiger charge is -2.22. The van der Waals surface area contributed by atoms with Gasteiger partial charge in [0.05, 0.1) is 23.0 Å². The second-order valence-electron chi connectivity index (χ2n) is 9.42. The number of aliphatic hydroxyl groups excluding tert-OH is 1. The van der Waals surface area contributed by atoms with Gasteiger partial charge in [0, 0.05) is 30.4 Å². The van der Waals surface area contributed by atoms with Crippen molar-refractivity contribution in [3.8, 4) is 16.9 Å². The van der Waals surface area contributed by atoms with Crippen molar-refractivity contribution in [3.05, 3.63) is 69.5 Å². The molecule has 3 aromatic rings. The summed E-state index contributed by atoms with van der Waals surface area (Å²) in [7, 11) is 0. The zero-order chi connectivity index (χ0) is 25.5. The van der Waals surface area contributed by atoms with Crippen LogP contribution < -0.4 is 15.8 Å². The number of aromatic nitrogens is 2. The summed E-state index contributed by atoms with van der Waals surface area (Å²) < 4.78 is 43.0. The van der Waals surface area contributed by atoms with Crippen molar-refractivity contribution >= 4 is 11.4 Å². The number of nitrogens with zero attached hydrogens (tertiary/aromatic N) is 3. The summed E-state index contributed by atoms with van der Waals surface area (Å²) in [4.78, 5) is 15.2. The molecule has 1 aromatic heterocycles. The lowest BCUT2D eigenvalue weighted by molar-refractivity contribution is -0.137.